The van der Waals surface area contributed by atoms with Gasteiger partial charge < -0.3 is 14.8 Å². The first-order valence-corrected chi connectivity index (χ1v) is 12.7. The highest BCUT2D eigenvalue weighted by Gasteiger charge is 2.16. The van der Waals surface area contributed by atoms with Crippen LogP contribution < -0.4 is 10.9 Å². The summed E-state index contributed by atoms with van der Waals surface area (Å²) < 4.78 is 15.0. The summed E-state index contributed by atoms with van der Waals surface area (Å²) in [5, 5.41) is 5.36. The lowest BCUT2D eigenvalue weighted by atomic mass is 10.0. The van der Waals surface area contributed by atoms with Gasteiger partial charge in [0.25, 0.3) is 11.5 Å². The maximum absolute atomic E-state index is 13.4. The van der Waals surface area contributed by atoms with Gasteiger partial charge in [-0.15, -0.1) is 0 Å². The first-order chi connectivity index (χ1) is 17.5. The van der Waals surface area contributed by atoms with Crippen LogP contribution in [0.1, 0.15) is 48.0 Å². The van der Waals surface area contributed by atoms with Crippen molar-refractivity contribution in [3.8, 4) is 0 Å². The van der Waals surface area contributed by atoms with Gasteiger partial charge >= 0.3 is 0 Å². The number of benzene rings is 2. The Morgan fingerprint density at radius 3 is 2.58 bits per heavy atom. The zero-order valence-corrected chi connectivity index (χ0v) is 20.5. The van der Waals surface area contributed by atoms with Crippen molar-refractivity contribution in [2.24, 2.45) is 0 Å². The van der Waals surface area contributed by atoms with Gasteiger partial charge in [0.2, 0.25) is 0 Å². The van der Waals surface area contributed by atoms with Crippen molar-refractivity contribution in [3.05, 3.63) is 88.2 Å². The number of carbonyl (C=O) groups excluding carboxylic acids is 1. The van der Waals surface area contributed by atoms with Crippen LogP contribution in [0.2, 0.25) is 0 Å². The molecule has 5 rings (SSSR count). The third kappa shape index (κ3) is 5.02. The first-order valence-electron chi connectivity index (χ1n) is 12.7. The molecule has 1 aliphatic heterocycles. The molecule has 1 fully saturated rings. The summed E-state index contributed by atoms with van der Waals surface area (Å²) in [5.41, 5.74) is 2.16. The monoisotopic (exact) mass is 486 g/mol. The number of hydrogen-bond donors (Lipinski definition) is 1. The fraction of sp³-hybridized carbons (Fsp3) is 0.345. The normalized spacial score (nSPS) is 14.9. The summed E-state index contributed by atoms with van der Waals surface area (Å²) in [6.07, 6.45) is 6.67. The van der Waals surface area contributed by atoms with Crippen LogP contribution in [0, 0.1) is 5.82 Å². The van der Waals surface area contributed by atoms with Crippen molar-refractivity contribution >= 4 is 27.6 Å². The average Bonchev–Trinajstić information content (AvgIpc) is 3.43. The van der Waals surface area contributed by atoms with Crippen molar-refractivity contribution in [1.82, 2.24) is 19.8 Å². The second kappa shape index (κ2) is 10.6. The summed E-state index contributed by atoms with van der Waals surface area (Å²) in [6.45, 7) is 6.21. The highest BCUT2D eigenvalue weighted by atomic mass is 19.1. The van der Waals surface area contributed by atoms with Gasteiger partial charge in [-0.25, -0.2) is 4.39 Å². The van der Waals surface area contributed by atoms with E-state index in [1.54, 1.807) is 35.2 Å². The number of likely N-dealkylation sites (tertiary alicyclic amines) is 1. The quantitative estimate of drug-likeness (QED) is 0.367. The molecule has 36 heavy (non-hydrogen) atoms. The van der Waals surface area contributed by atoms with E-state index in [1.165, 1.54) is 25.0 Å². The third-order valence-electron chi connectivity index (χ3n) is 7.20. The maximum Gasteiger partial charge on any atom is 0.260 e. The molecule has 0 radical (unpaired) electrons. The molecule has 1 N–H and O–H groups in total. The van der Waals surface area contributed by atoms with Crippen LogP contribution >= 0.6 is 0 Å². The summed E-state index contributed by atoms with van der Waals surface area (Å²) in [7, 11) is 0. The minimum Gasteiger partial charge on any atom is -0.351 e. The minimum atomic E-state index is -0.277. The van der Waals surface area contributed by atoms with Gasteiger partial charge in [0.15, 0.2) is 0 Å². The molecule has 1 aliphatic rings. The number of nitrogens with zero attached hydrogens (tertiary/aromatic N) is 3. The number of nitrogens with one attached hydrogen (secondary N) is 1. The Labute approximate surface area is 209 Å². The Balaban J connectivity index is 1.41. The Hall–Kier alpha value is -3.58. The smallest absolute Gasteiger partial charge is 0.260 e. The lowest BCUT2D eigenvalue weighted by Crippen LogP contribution is -2.28. The zero-order chi connectivity index (χ0) is 25.1. The van der Waals surface area contributed by atoms with Crippen molar-refractivity contribution < 1.29 is 9.18 Å². The summed E-state index contributed by atoms with van der Waals surface area (Å²) in [5.74, 6) is -0.437. The molecule has 0 aliphatic carbocycles. The zero-order valence-electron chi connectivity index (χ0n) is 20.5. The molecule has 7 heteroatoms. The van der Waals surface area contributed by atoms with Gasteiger partial charge in [-0.2, -0.15) is 0 Å². The molecular formula is C29H31FN4O2. The van der Waals surface area contributed by atoms with Gasteiger partial charge in [0, 0.05) is 36.4 Å². The number of aryl methyl sites for hydroxylation is 1. The van der Waals surface area contributed by atoms with Crippen molar-refractivity contribution in [1.29, 1.82) is 0 Å². The molecule has 0 bridgehead atoms. The molecular weight excluding hydrogens is 455 g/mol. The first kappa shape index (κ1) is 24.1. The second-order valence-electron chi connectivity index (χ2n) is 9.67. The number of aromatic nitrogens is 2. The molecule has 3 heterocycles. The van der Waals surface area contributed by atoms with Crippen molar-refractivity contribution in [2.75, 3.05) is 26.2 Å². The van der Waals surface area contributed by atoms with E-state index in [2.05, 4.69) is 15.2 Å². The Morgan fingerprint density at radius 1 is 1.03 bits per heavy atom. The minimum absolute atomic E-state index is 0.0372. The van der Waals surface area contributed by atoms with E-state index in [-0.39, 0.29) is 23.2 Å². The van der Waals surface area contributed by atoms with E-state index in [0.29, 0.717) is 24.0 Å². The van der Waals surface area contributed by atoms with Crippen LogP contribution in [0.25, 0.3) is 21.7 Å². The number of fused-ring (bicyclic) bond motifs is 3. The molecule has 1 amide bonds. The van der Waals surface area contributed by atoms with Crippen molar-refractivity contribution in [3.63, 3.8) is 0 Å². The van der Waals surface area contributed by atoms with Crippen LogP contribution in [-0.2, 0) is 6.54 Å². The van der Waals surface area contributed by atoms with Gasteiger partial charge in [-0.3, -0.25) is 14.6 Å². The average molecular weight is 487 g/mol. The predicted octanol–water partition coefficient (Wildman–Crippen LogP) is 4.71. The molecule has 6 nitrogen and oxygen atoms in total. The molecule has 1 atom stereocenters. The lowest BCUT2D eigenvalue weighted by molar-refractivity contribution is 0.0951. The molecule has 0 spiro atoms. The molecule has 0 saturated carbocycles. The SMILES string of the molecule is C[C@@H](CNC(=O)c1ccc2c3ccncc3c(=O)n(CCCN3CCCC3)c2c1)c1ccc(F)cc1. The number of rotatable bonds is 8. The van der Waals surface area contributed by atoms with Crippen LogP contribution in [0.4, 0.5) is 4.39 Å². The maximum atomic E-state index is 13.4. The van der Waals surface area contributed by atoms with E-state index in [1.807, 2.05) is 25.1 Å². The number of carbonyl (C=O) groups is 1. The number of halogens is 1. The van der Waals surface area contributed by atoms with Crippen LogP contribution in [0.5, 0.6) is 0 Å². The molecule has 186 valence electrons. The predicted molar refractivity (Wildman–Crippen MR) is 141 cm³/mol. The molecule has 2 aromatic carbocycles. The van der Waals surface area contributed by atoms with Gasteiger partial charge in [-0.05, 0) is 86.1 Å². The van der Waals surface area contributed by atoms with Gasteiger partial charge in [-0.1, -0.05) is 25.1 Å². The highest BCUT2D eigenvalue weighted by Crippen LogP contribution is 2.24. The summed E-state index contributed by atoms with van der Waals surface area (Å²) in [4.78, 5) is 33.1. The summed E-state index contributed by atoms with van der Waals surface area (Å²) in [6, 6.07) is 13.7. The fourth-order valence-electron chi connectivity index (χ4n) is 5.12. The Kier molecular flexibility index (Phi) is 7.09. The van der Waals surface area contributed by atoms with E-state index < -0.39 is 0 Å². The molecule has 4 aromatic rings. The highest BCUT2D eigenvalue weighted by molar-refractivity contribution is 6.07. The lowest BCUT2D eigenvalue weighted by Gasteiger charge is -2.17. The fourth-order valence-corrected chi connectivity index (χ4v) is 5.12. The topological polar surface area (TPSA) is 67.2 Å². The van der Waals surface area contributed by atoms with E-state index in [0.717, 1.165) is 47.9 Å². The van der Waals surface area contributed by atoms with E-state index in [9.17, 15) is 14.0 Å². The second-order valence-corrected chi connectivity index (χ2v) is 9.67. The van der Waals surface area contributed by atoms with Crippen LogP contribution in [0.3, 0.4) is 0 Å². The molecule has 1 saturated heterocycles. The van der Waals surface area contributed by atoms with E-state index in [4.69, 9.17) is 0 Å². The molecule has 0 unspecified atom stereocenters. The van der Waals surface area contributed by atoms with Crippen LogP contribution in [-0.4, -0.2) is 46.5 Å². The van der Waals surface area contributed by atoms with Crippen molar-refractivity contribution in [2.45, 2.75) is 38.6 Å². The Morgan fingerprint density at radius 2 is 1.81 bits per heavy atom. The third-order valence-corrected chi connectivity index (χ3v) is 7.20. The largest absolute Gasteiger partial charge is 0.351 e. The van der Waals surface area contributed by atoms with E-state index >= 15 is 0 Å². The number of amides is 1. The molecule has 2 aromatic heterocycles. The Bertz CT molecular complexity index is 1440. The number of pyridine rings is 2. The number of hydrogen-bond acceptors (Lipinski definition) is 4. The van der Waals surface area contributed by atoms with Gasteiger partial charge in [0.1, 0.15) is 5.82 Å². The summed E-state index contributed by atoms with van der Waals surface area (Å²) >= 11 is 0. The van der Waals surface area contributed by atoms with Gasteiger partial charge in [0.05, 0.1) is 10.9 Å². The van der Waals surface area contributed by atoms with Crippen LogP contribution in [0.15, 0.2) is 65.7 Å². The standard InChI is InChI=1S/C29H31FN4O2/c1-20(21-5-8-23(30)9-6-21)18-32-28(35)22-7-10-25-24-11-12-31-19-26(24)29(36)34(27(25)17-22)16-4-15-33-13-2-3-14-33/h5-12,17,19-20H,2-4,13-16,18H2,1H3,(H,32,35)/t20-/m0/s1.